The molecule has 1 aromatic rings. The minimum atomic E-state index is -4.59. The smallest absolute Gasteiger partial charge is 0.379 e. The molecule has 1 heterocycles. The Hall–Kier alpha value is -0.970. The standard InChI is InChI=1S/C11H16F3NO/c1-3-8(2)6-15-5-4-9(7-15)10(16)11(12,13)14/h4-5,7-8,10,16H,3,6H2,1-2H3. The van der Waals surface area contributed by atoms with Crippen LogP contribution < -0.4 is 0 Å². The number of nitrogens with zero attached hydrogens (tertiary/aromatic N) is 1. The molecule has 92 valence electrons. The molecule has 0 radical (unpaired) electrons. The van der Waals surface area contributed by atoms with Crippen molar-refractivity contribution >= 4 is 0 Å². The van der Waals surface area contributed by atoms with Crippen molar-refractivity contribution in [1.29, 1.82) is 0 Å². The molecule has 2 atom stereocenters. The van der Waals surface area contributed by atoms with Gasteiger partial charge in [-0.3, -0.25) is 0 Å². The predicted octanol–water partition coefficient (Wildman–Crippen LogP) is 3.13. The lowest BCUT2D eigenvalue weighted by Gasteiger charge is -2.13. The SMILES string of the molecule is CCC(C)Cn1ccc(C(O)C(F)(F)F)c1. The van der Waals surface area contributed by atoms with E-state index in [2.05, 4.69) is 0 Å². The summed E-state index contributed by atoms with van der Waals surface area (Å²) in [6.07, 6.45) is -3.09. The van der Waals surface area contributed by atoms with Crippen LogP contribution in [0.4, 0.5) is 13.2 Å². The van der Waals surface area contributed by atoms with E-state index in [-0.39, 0.29) is 5.56 Å². The molecule has 1 rings (SSSR count). The Kier molecular flexibility index (Phi) is 4.02. The number of aromatic nitrogens is 1. The zero-order chi connectivity index (χ0) is 12.3. The van der Waals surface area contributed by atoms with E-state index in [1.54, 1.807) is 10.8 Å². The van der Waals surface area contributed by atoms with Gasteiger partial charge in [-0.1, -0.05) is 20.3 Å². The van der Waals surface area contributed by atoms with E-state index in [0.29, 0.717) is 12.5 Å². The Labute approximate surface area is 92.7 Å². The molecule has 0 aliphatic rings. The van der Waals surface area contributed by atoms with Gasteiger partial charge in [-0.25, -0.2) is 0 Å². The van der Waals surface area contributed by atoms with Gasteiger partial charge in [0.05, 0.1) is 0 Å². The van der Waals surface area contributed by atoms with E-state index in [4.69, 9.17) is 5.11 Å². The Morgan fingerprint density at radius 2 is 2.06 bits per heavy atom. The zero-order valence-corrected chi connectivity index (χ0v) is 9.33. The highest BCUT2D eigenvalue weighted by molar-refractivity contribution is 5.15. The van der Waals surface area contributed by atoms with E-state index >= 15 is 0 Å². The molecule has 0 fully saturated rings. The molecule has 1 aromatic heterocycles. The minimum absolute atomic E-state index is 0.101. The van der Waals surface area contributed by atoms with Crippen molar-refractivity contribution in [3.63, 3.8) is 0 Å². The van der Waals surface area contributed by atoms with Crippen molar-refractivity contribution < 1.29 is 18.3 Å². The lowest BCUT2D eigenvalue weighted by Crippen LogP contribution is -2.19. The molecule has 0 amide bonds. The third kappa shape index (κ3) is 3.27. The van der Waals surface area contributed by atoms with E-state index < -0.39 is 12.3 Å². The summed E-state index contributed by atoms with van der Waals surface area (Å²) in [5, 5.41) is 9.02. The summed E-state index contributed by atoms with van der Waals surface area (Å²) >= 11 is 0. The molecule has 0 saturated carbocycles. The summed E-state index contributed by atoms with van der Waals surface area (Å²) in [7, 11) is 0. The van der Waals surface area contributed by atoms with Gasteiger partial charge in [-0.05, 0) is 12.0 Å². The first-order chi connectivity index (χ1) is 7.34. The summed E-state index contributed by atoms with van der Waals surface area (Å²) in [5.41, 5.74) is -0.101. The van der Waals surface area contributed by atoms with Gasteiger partial charge < -0.3 is 9.67 Å². The number of aliphatic hydroxyl groups is 1. The van der Waals surface area contributed by atoms with Crippen molar-refractivity contribution in [2.75, 3.05) is 0 Å². The van der Waals surface area contributed by atoms with Gasteiger partial charge in [0.25, 0.3) is 0 Å². The van der Waals surface area contributed by atoms with Crippen LogP contribution in [0.3, 0.4) is 0 Å². The molecule has 0 spiro atoms. The minimum Gasteiger partial charge on any atom is -0.379 e. The van der Waals surface area contributed by atoms with Crippen molar-refractivity contribution in [2.45, 2.75) is 39.1 Å². The van der Waals surface area contributed by atoms with E-state index in [1.807, 2.05) is 13.8 Å². The highest BCUT2D eigenvalue weighted by Crippen LogP contribution is 2.32. The Morgan fingerprint density at radius 3 is 2.56 bits per heavy atom. The first kappa shape index (κ1) is 13.1. The van der Waals surface area contributed by atoms with Gasteiger partial charge in [0.2, 0.25) is 0 Å². The average Bonchev–Trinajstić information content (AvgIpc) is 2.63. The van der Waals surface area contributed by atoms with Crippen LogP contribution in [0, 0.1) is 5.92 Å². The number of rotatable bonds is 4. The second-order valence-electron chi connectivity index (χ2n) is 4.10. The van der Waals surface area contributed by atoms with E-state index in [0.717, 1.165) is 6.42 Å². The number of halogens is 3. The summed E-state index contributed by atoms with van der Waals surface area (Å²) in [5.74, 6) is 0.406. The van der Waals surface area contributed by atoms with Crippen molar-refractivity contribution in [3.05, 3.63) is 24.0 Å². The number of hydrogen-bond acceptors (Lipinski definition) is 1. The Bertz CT molecular complexity index is 332. The van der Waals surface area contributed by atoms with E-state index in [1.165, 1.54) is 12.3 Å². The van der Waals surface area contributed by atoms with Crippen LogP contribution in [0.1, 0.15) is 31.9 Å². The average molecular weight is 235 g/mol. The lowest BCUT2D eigenvalue weighted by atomic mass is 10.1. The Balaban J connectivity index is 2.71. The van der Waals surface area contributed by atoms with Crippen LogP contribution in [0.2, 0.25) is 0 Å². The maximum atomic E-state index is 12.2. The fourth-order valence-corrected chi connectivity index (χ4v) is 1.41. The molecule has 0 aromatic carbocycles. The maximum absolute atomic E-state index is 12.2. The zero-order valence-electron chi connectivity index (χ0n) is 9.33. The van der Waals surface area contributed by atoms with Crippen molar-refractivity contribution in [1.82, 2.24) is 4.57 Å². The molecule has 16 heavy (non-hydrogen) atoms. The predicted molar refractivity (Wildman–Crippen MR) is 54.9 cm³/mol. The molecular formula is C11H16F3NO. The lowest BCUT2D eigenvalue weighted by molar-refractivity contribution is -0.206. The summed E-state index contributed by atoms with van der Waals surface area (Å²) in [6, 6.07) is 1.31. The molecule has 2 nitrogen and oxygen atoms in total. The number of hydrogen-bond donors (Lipinski definition) is 1. The quantitative estimate of drug-likeness (QED) is 0.852. The third-order valence-electron chi connectivity index (χ3n) is 2.62. The highest BCUT2D eigenvalue weighted by atomic mass is 19.4. The van der Waals surface area contributed by atoms with Crippen LogP contribution in [0.15, 0.2) is 18.5 Å². The molecule has 1 N–H and O–H groups in total. The van der Waals surface area contributed by atoms with Gasteiger partial charge in [0, 0.05) is 24.5 Å². The van der Waals surface area contributed by atoms with Gasteiger partial charge in [0.1, 0.15) is 0 Å². The monoisotopic (exact) mass is 235 g/mol. The first-order valence-corrected chi connectivity index (χ1v) is 5.25. The van der Waals surface area contributed by atoms with Crippen LogP contribution in [-0.2, 0) is 6.54 Å². The molecule has 2 unspecified atom stereocenters. The van der Waals surface area contributed by atoms with E-state index in [9.17, 15) is 13.2 Å². The van der Waals surface area contributed by atoms with Crippen molar-refractivity contribution in [3.8, 4) is 0 Å². The van der Waals surface area contributed by atoms with Crippen LogP contribution in [-0.4, -0.2) is 15.8 Å². The van der Waals surface area contributed by atoms with Gasteiger partial charge in [-0.2, -0.15) is 13.2 Å². The third-order valence-corrected chi connectivity index (χ3v) is 2.62. The molecule has 0 aliphatic heterocycles. The summed E-state index contributed by atoms with van der Waals surface area (Å²) in [6.45, 7) is 4.72. The van der Waals surface area contributed by atoms with Gasteiger partial charge >= 0.3 is 6.18 Å². The second-order valence-corrected chi connectivity index (χ2v) is 4.10. The van der Waals surface area contributed by atoms with Gasteiger partial charge in [0.15, 0.2) is 6.10 Å². The highest BCUT2D eigenvalue weighted by Gasteiger charge is 2.39. The second kappa shape index (κ2) is 4.91. The fourth-order valence-electron chi connectivity index (χ4n) is 1.41. The topological polar surface area (TPSA) is 25.2 Å². The molecule has 5 heteroatoms. The number of alkyl halides is 3. The molecule has 0 bridgehead atoms. The Morgan fingerprint density at radius 1 is 1.44 bits per heavy atom. The van der Waals surface area contributed by atoms with Crippen LogP contribution in [0.5, 0.6) is 0 Å². The number of aliphatic hydroxyl groups excluding tert-OH is 1. The first-order valence-electron chi connectivity index (χ1n) is 5.25. The van der Waals surface area contributed by atoms with Crippen LogP contribution in [0.25, 0.3) is 0 Å². The molecule has 0 saturated heterocycles. The summed E-state index contributed by atoms with van der Waals surface area (Å²) < 4.78 is 38.3. The summed E-state index contributed by atoms with van der Waals surface area (Å²) in [4.78, 5) is 0. The molecular weight excluding hydrogens is 219 g/mol. The van der Waals surface area contributed by atoms with Crippen molar-refractivity contribution in [2.24, 2.45) is 5.92 Å². The normalized spacial score (nSPS) is 16.1. The largest absolute Gasteiger partial charge is 0.418 e. The fraction of sp³-hybridized carbons (Fsp3) is 0.636. The molecule has 0 aliphatic carbocycles. The van der Waals surface area contributed by atoms with Crippen LogP contribution >= 0.6 is 0 Å². The van der Waals surface area contributed by atoms with Gasteiger partial charge in [-0.15, -0.1) is 0 Å². The maximum Gasteiger partial charge on any atom is 0.418 e.